The number of alkyl halides is 3. The summed E-state index contributed by atoms with van der Waals surface area (Å²) in [6, 6.07) is 6.29. The lowest BCUT2D eigenvalue weighted by molar-refractivity contribution is -0.192. The molecule has 0 saturated carbocycles. The van der Waals surface area contributed by atoms with Crippen molar-refractivity contribution in [2.45, 2.75) is 18.6 Å². The molecule has 148 valence electrons. The molecule has 1 aromatic carbocycles. The second-order valence-corrected chi connectivity index (χ2v) is 5.40. The number of amides is 2. The van der Waals surface area contributed by atoms with E-state index in [1.54, 1.807) is 24.3 Å². The van der Waals surface area contributed by atoms with E-state index in [-0.39, 0.29) is 24.5 Å². The van der Waals surface area contributed by atoms with Crippen LogP contribution in [0.25, 0.3) is 0 Å². The summed E-state index contributed by atoms with van der Waals surface area (Å²) in [6.45, 7) is 0.166. The molecule has 0 aliphatic carbocycles. The van der Waals surface area contributed by atoms with E-state index in [9.17, 15) is 22.8 Å². The van der Waals surface area contributed by atoms with Crippen LogP contribution in [0.2, 0.25) is 0 Å². The maximum absolute atomic E-state index is 11.8. The minimum Gasteiger partial charge on any atom is -0.480 e. The molecule has 0 spiro atoms. The lowest BCUT2D eigenvalue weighted by Gasteiger charge is -2.35. The van der Waals surface area contributed by atoms with E-state index < -0.39 is 18.1 Å². The number of nitrogens with one attached hydrogen (secondary N) is 2. The highest BCUT2D eigenvalue weighted by molar-refractivity contribution is 5.94. The van der Waals surface area contributed by atoms with E-state index in [0.717, 1.165) is 5.56 Å². The first-order valence-corrected chi connectivity index (χ1v) is 7.44. The van der Waals surface area contributed by atoms with Gasteiger partial charge in [-0.2, -0.15) is 13.2 Å². The summed E-state index contributed by atoms with van der Waals surface area (Å²) in [6.07, 6.45) is -4.45. The van der Waals surface area contributed by atoms with Crippen molar-refractivity contribution >= 4 is 23.8 Å². The zero-order valence-electron chi connectivity index (χ0n) is 13.8. The standard InChI is InChI=1S/C13H16N4O3.C2HF3O2/c14-12(15)9-3-1-8(2-4-9)10-5-6-16-13(20)17(10)7-11(18)19;3-2(4,5)1(6)7/h1-4,10H,5-7H2,(H3,14,15)(H,16,20)(H,18,19);(H,6,7). The van der Waals surface area contributed by atoms with Crippen molar-refractivity contribution in [2.24, 2.45) is 5.73 Å². The predicted octanol–water partition coefficient (Wildman–Crippen LogP) is 1.14. The summed E-state index contributed by atoms with van der Waals surface area (Å²) in [5.41, 5.74) is 6.82. The molecule has 1 saturated heterocycles. The van der Waals surface area contributed by atoms with Crippen molar-refractivity contribution in [3.05, 3.63) is 35.4 Å². The Morgan fingerprint density at radius 3 is 2.19 bits per heavy atom. The van der Waals surface area contributed by atoms with Gasteiger partial charge in [-0.15, -0.1) is 0 Å². The molecule has 2 rings (SSSR count). The van der Waals surface area contributed by atoms with E-state index in [4.69, 9.17) is 26.2 Å². The Hall–Kier alpha value is -3.31. The number of rotatable bonds is 4. The van der Waals surface area contributed by atoms with E-state index in [1.165, 1.54) is 4.90 Å². The minimum absolute atomic E-state index is 0.0275. The number of carbonyl (C=O) groups excluding carboxylic acids is 1. The van der Waals surface area contributed by atoms with Crippen LogP contribution in [0, 0.1) is 5.41 Å². The van der Waals surface area contributed by atoms with Crippen molar-refractivity contribution in [2.75, 3.05) is 13.1 Å². The van der Waals surface area contributed by atoms with Gasteiger partial charge in [-0.1, -0.05) is 24.3 Å². The van der Waals surface area contributed by atoms with Gasteiger partial charge in [-0.25, -0.2) is 9.59 Å². The number of nitrogens with zero attached hydrogens (tertiary/aromatic N) is 1. The van der Waals surface area contributed by atoms with Crippen LogP contribution in [0.4, 0.5) is 18.0 Å². The molecule has 0 bridgehead atoms. The largest absolute Gasteiger partial charge is 0.490 e. The zero-order valence-corrected chi connectivity index (χ0v) is 13.8. The number of nitrogens with two attached hydrogens (primary N) is 1. The highest BCUT2D eigenvalue weighted by atomic mass is 19.4. The molecule has 6 N–H and O–H groups in total. The summed E-state index contributed by atoms with van der Waals surface area (Å²) in [7, 11) is 0. The van der Waals surface area contributed by atoms with Gasteiger partial charge in [0.2, 0.25) is 0 Å². The number of halogens is 3. The van der Waals surface area contributed by atoms with Crippen LogP contribution in [-0.2, 0) is 9.59 Å². The number of carbonyl (C=O) groups is 3. The summed E-state index contributed by atoms with van der Waals surface area (Å²) < 4.78 is 31.7. The zero-order chi connectivity index (χ0) is 20.8. The number of carboxylic acids is 2. The molecule has 1 unspecified atom stereocenters. The molecule has 1 aliphatic rings. The SMILES string of the molecule is N=C(N)c1ccc(C2CCNC(=O)N2CC(=O)O)cc1.O=C(O)C(F)(F)F. The molecule has 1 heterocycles. The van der Waals surface area contributed by atoms with Gasteiger partial charge in [0, 0.05) is 12.1 Å². The normalized spacial score (nSPS) is 16.6. The molecular weight excluding hydrogens is 373 g/mol. The maximum Gasteiger partial charge on any atom is 0.490 e. The summed E-state index contributed by atoms with van der Waals surface area (Å²) >= 11 is 0. The molecular formula is C15H17F3N4O5. The molecule has 1 fully saturated rings. The number of hydrogen-bond donors (Lipinski definition) is 5. The fourth-order valence-electron chi connectivity index (χ4n) is 2.27. The molecule has 0 aromatic heterocycles. The first kappa shape index (κ1) is 21.7. The molecule has 27 heavy (non-hydrogen) atoms. The molecule has 1 aliphatic heterocycles. The van der Waals surface area contributed by atoms with Gasteiger partial charge in [0.15, 0.2) is 0 Å². The van der Waals surface area contributed by atoms with Crippen LogP contribution < -0.4 is 11.1 Å². The third-order valence-corrected chi connectivity index (χ3v) is 3.49. The highest BCUT2D eigenvalue weighted by Crippen LogP contribution is 2.26. The quantitative estimate of drug-likeness (QED) is 0.383. The minimum atomic E-state index is -5.08. The first-order chi connectivity index (χ1) is 12.4. The van der Waals surface area contributed by atoms with E-state index in [1.807, 2.05) is 0 Å². The lowest BCUT2D eigenvalue weighted by Crippen LogP contribution is -2.50. The third-order valence-electron chi connectivity index (χ3n) is 3.49. The second-order valence-electron chi connectivity index (χ2n) is 5.40. The average molecular weight is 390 g/mol. The fourth-order valence-corrected chi connectivity index (χ4v) is 2.27. The van der Waals surface area contributed by atoms with E-state index in [0.29, 0.717) is 18.5 Å². The second kappa shape index (κ2) is 8.87. The first-order valence-electron chi connectivity index (χ1n) is 7.44. The number of nitrogen functional groups attached to an aromatic ring is 1. The van der Waals surface area contributed by atoms with Gasteiger partial charge in [0.25, 0.3) is 0 Å². The van der Waals surface area contributed by atoms with Crippen molar-refractivity contribution in [3.8, 4) is 0 Å². The van der Waals surface area contributed by atoms with Crippen molar-refractivity contribution in [3.63, 3.8) is 0 Å². The van der Waals surface area contributed by atoms with Gasteiger partial charge in [-0.3, -0.25) is 10.2 Å². The van der Waals surface area contributed by atoms with E-state index >= 15 is 0 Å². The van der Waals surface area contributed by atoms with Crippen LogP contribution in [0.15, 0.2) is 24.3 Å². The topological polar surface area (TPSA) is 157 Å². The number of benzene rings is 1. The molecule has 9 nitrogen and oxygen atoms in total. The van der Waals surface area contributed by atoms with Crippen molar-refractivity contribution < 1.29 is 37.8 Å². The number of carboxylic acid groups (broad SMARTS) is 2. The van der Waals surface area contributed by atoms with Crippen LogP contribution in [0.5, 0.6) is 0 Å². The lowest BCUT2D eigenvalue weighted by atomic mass is 9.99. The Labute approximate surface area is 151 Å². The van der Waals surface area contributed by atoms with Gasteiger partial charge in [-0.05, 0) is 12.0 Å². The highest BCUT2D eigenvalue weighted by Gasteiger charge is 2.38. The molecule has 12 heteroatoms. The molecule has 2 amide bonds. The van der Waals surface area contributed by atoms with Crippen molar-refractivity contribution in [1.29, 1.82) is 5.41 Å². The number of aliphatic carboxylic acids is 2. The Kier molecular flexibility index (Phi) is 7.14. The number of amidine groups is 1. The van der Waals surface area contributed by atoms with Crippen LogP contribution in [-0.4, -0.2) is 58.2 Å². The number of hydrogen-bond acceptors (Lipinski definition) is 4. The average Bonchev–Trinajstić information content (AvgIpc) is 2.56. The molecule has 0 radical (unpaired) electrons. The van der Waals surface area contributed by atoms with Gasteiger partial charge < -0.3 is 26.2 Å². The summed E-state index contributed by atoms with van der Waals surface area (Å²) in [5, 5.41) is 26.0. The monoisotopic (exact) mass is 390 g/mol. The predicted molar refractivity (Wildman–Crippen MR) is 86.2 cm³/mol. The van der Waals surface area contributed by atoms with Crippen molar-refractivity contribution in [1.82, 2.24) is 10.2 Å². The Morgan fingerprint density at radius 1 is 1.26 bits per heavy atom. The molecule has 1 atom stereocenters. The Morgan fingerprint density at radius 2 is 1.78 bits per heavy atom. The maximum atomic E-state index is 11.8. The van der Waals surface area contributed by atoms with Crippen LogP contribution >= 0.6 is 0 Å². The number of urea groups is 1. The summed E-state index contributed by atoms with van der Waals surface area (Å²) in [5.74, 6) is -3.83. The van der Waals surface area contributed by atoms with Crippen LogP contribution in [0.1, 0.15) is 23.6 Å². The summed E-state index contributed by atoms with van der Waals surface area (Å²) in [4.78, 5) is 32.8. The van der Waals surface area contributed by atoms with Gasteiger partial charge in [0.05, 0.1) is 6.04 Å². The van der Waals surface area contributed by atoms with E-state index in [2.05, 4.69) is 5.32 Å². The fraction of sp³-hybridized carbons (Fsp3) is 0.333. The smallest absolute Gasteiger partial charge is 0.480 e. The van der Waals surface area contributed by atoms with Crippen LogP contribution in [0.3, 0.4) is 0 Å². The third kappa shape index (κ3) is 6.49. The van der Waals surface area contributed by atoms with Gasteiger partial charge in [0.1, 0.15) is 12.4 Å². The molecule has 1 aromatic rings. The van der Waals surface area contributed by atoms with Gasteiger partial charge >= 0.3 is 24.1 Å². The Bertz CT molecular complexity index is 721. The Balaban J connectivity index is 0.000000445.